The topological polar surface area (TPSA) is 280 Å². The molecule has 4 unspecified atom stereocenters. The van der Waals surface area contributed by atoms with E-state index in [1.807, 2.05) is 0 Å². The van der Waals surface area contributed by atoms with Crippen LogP contribution in [0.2, 0.25) is 0 Å². The molecule has 1 heterocycles. The standard InChI is InChI=1S/C24H31N7O9/c25-15(9-19(26)33)21(36)29-16(5-6-20(34)35)22(37)30-17(8-13-10-27-11-28-13)23(38)31-18(24(39)40)7-12-1-3-14(32)4-2-12/h1-4,10-11,15-18,32H,5-9,25H2,(H2,26,33)(H,27,28)(H,29,36)(H,30,37)(H,31,38)(H,34,35)(H,39,40). The van der Waals surface area contributed by atoms with Crippen LogP contribution in [-0.2, 0) is 41.6 Å². The lowest BCUT2D eigenvalue weighted by Crippen LogP contribution is -2.58. The molecule has 40 heavy (non-hydrogen) atoms. The second kappa shape index (κ2) is 14.8. The first-order valence-electron chi connectivity index (χ1n) is 12.0. The van der Waals surface area contributed by atoms with Crippen LogP contribution in [0.15, 0.2) is 36.8 Å². The lowest BCUT2D eigenvalue weighted by Gasteiger charge is -2.25. The predicted octanol–water partition coefficient (Wildman–Crippen LogP) is -2.49. The summed E-state index contributed by atoms with van der Waals surface area (Å²) in [6.07, 6.45) is 0.964. The number of H-pyrrole nitrogens is 1. The molecule has 1 aromatic heterocycles. The number of primary amides is 1. The highest BCUT2D eigenvalue weighted by molar-refractivity contribution is 5.95. The number of rotatable bonds is 16. The monoisotopic (exact) mass is 561 g/mol. The van der Waals surface area contributed by atoms with Gasteiger partial charge in [-0.3, -0.25) is 24.0 Å². The minimum atomic E-state index is -1.47. The smallest absolute Gasteiger partial charge is 0.326 e. The Morgan fingerprint density at radius 3 is 2.02 bits per heavy atom. The van der Waals surface area contributed by atoms with Gasteiger partial charge in [-0.25, -0.2) is 9.78 Å². The minimum Gasteiger partial charge on any atom is -0.508 e. The summed E-state index contributed by atoms with van der Waals surface area (Å²) in [6.45, 7) is 0. The van der Waals surface area contributed by atoms with Gasteiger partial charge in [-0.1, -0.05) is 12.1 Å². The number of imidazole rings is 1. The number of carboxylic acids is 2. The van der Waals surface area contributed by atoms with E-state index in [2.05, 4.69) is 25.9 Å². The Hall–Kier alpha value is -4.99. The molecule has 0 saturated heterocycles. The molecule has 0 saturated carbocycles. The summed E-state index contributed by atoms with van der Waals surface area (Å²) in [7, 11) is 0. The number of hydrogen-bond donors (Lipinski definition) is 9. The van der Waals surface area contributed by atoms with E-state index in [4.69, 9.17) is 16.6 Å². The van der Waals surface area contributed by atoms with Crippen LogP contribution >= 0.6 is 0 Å². The van der Waals surface area contributed by atoms with Gasteiger partial charge in [-0.2, -0.15) is 0 Å². The van der Waals surface area contributed by atoms with Crippen molar-refractivity contribution in [1.29, 1.82) is 0 Å². The van der Waals surface area contributed by atoms with Gasteiger partial charge >= 0.3 is 11.9 Å². The molecule has 0 fully saturated rings. The molecule has 2 rings (SSSR count). The largest absolute Gasteiger partial charge is 0.508 e. The first-order chi connectivity index (χ1) is 18.8. The molecule has 216 valence electrons. The number of aromatic amines is 1. The number of phenols is 1. The van der Waals surface area contributed by atoms with Crippen LogP contribution in [0.4, 0.5) is 0 Å². The zero-order valence-corrected chi connectivity index (χ0v) is 21.2. The summed E-state index contributed by atoms with van der Waals surface area (Å²) in [5.41, 5.74) is 11.6. The zero-order valence-electron chi connectivity index (χ0n) is 21.2. The van der Waals surface area contributed by atoms with Crippen molar-refractivity contribution in [1.82, 2.24) is 25.9 Å². The lowest BCUT2D eigenvalue weighted by atomic mass is 10.0. The average molecular weight is 562 g/mol. The van der Waals surface area contributed by atoms with E-state index in [1.54, 1.807) is 0 Å². The third kappa shape index (κ3) is 10.4. The number of benzene rings is 1. The average Bonchev–Trinajstić information content (AvgIpc) is 3.39. The van der Waals surface area contributed by atoms with E-state index >= 15 is 0 Å². The number of nitrogens with two attached hydrogens (primary N) is 2. The SMILES string of the molecule is NC(=O)CC(N)C(=O)NC(CCC(=O)O)C(=O)NC(Cc1cnc[nH]1)C(=O)NC(Cc1ccc(O)cc1)C(=O)O. The number of hydrogen-bond acceptors (Lipinski definition) is 9. The molecule has 16 heteroatoms. The van der Waals surface area contributed by atoms with E-state index in [9.17, 15) is 39.0 Å². The van der Waals surface area contributed by atoms with Gasteiger partial charge in [0.25, 0.3) is 0 Å². The van der Waals surface area contributed by atoms with Crippen molar-refractivity contribution in [2.75, 3.05) is 0 Å². The number of aliphatic carboxylic acids is 2. The maximum absolute atomic E-state index is 13.2. The predicted molar refractivity (Wildman–Crippen MR) is 136 cm³/mol. The van der Waals surface area contributed by atoms with Crippen molar-refractivity contribution < 1.29 is 44.1 Å². The maximum Gasteiger partial charge on any atom is 0.326 e. The third-order valence-electron chi connectivity index (χ3n) is 5.64. The van der Waals surface area contributed by atoms with Gasteiger partial charge in [-0.05, 0) is 24.1 Å². The number of carbonyl (C=O) groups is 6. The molecule has 0 aliphatic carbocycles. The highest BCUT2D eigenvalue weighted by Crippen LogP contribution is 2.12. The number of aromatic nitrogens is 2. The number of amides is 4. The van der Waals surface area contributed by atoms with Crippen LogP contribution in [0, 0.1) is 0 Å². The van der Waals surface area contributed by atoms with E-state index in [0.29, 0.717) is 11.3 Å². The maximum atomic E-state index is 13.2. The van der Waals surface area contributed by atoms with Crippen molar-refractivity contribution in [3.05, 3.63) is 48.0 Å². The Kier molecular flexibility index (Phi) is 11.6. The molecule has 2 aromatic rings. The highest BCUT2D eigenvalue weighted by atomic mass is 16.4. The van der Waals surface area contributed by atoms with E-state index < -0.39 is 72.6 Å². The summed E-state index contributed by atoms with van der Waals surface area (Å²) >= 11 is 0. The minimum absolute atomic E-state index is 0.0258. The number of nitrogens with zero attached hydrogens (tertiary/aromatic N) is 1. The summed E-state index contributed by atoms with van der Waals surface area (Å²) in [5, 5.41) is 35.2. The van der Waals surface area contributed by atoms with Gasteiger partial charge < -0.3 is 47.7 Å². The van der Waals surface area contributed by atoms with Gasteiger partial charge in [0.1, 0.15) is 23.9 Å². The Labute approximate surface area is 227 Å². The molecule has 0 bridgehead atoms. The van der Waals surface area contributed by atoms with Gasteiger partial charge in [0.15, 0.2) is 0 Å². The first kappa shape index (κ1) is 31.2. The van der Waals surface area contributed by atoms with Crippen molar-refractivity contribution in [2.45, 2.75) is 56.3 Å². The molecule has 1 aromatic carbocycles. The van der Waals surface area contributed by atoms with Crippen LogP contribution in [0.5, 0.6) is 5.75 Å². The molecule has 0 spiro atoms. The Morgan fingerprint density at radius 1 is 0.875 bits per heavy atom. The molecule has 4 amide bonds. The van der Waals surface area contributed by atoms with Gasteiger partial charge in [0.05, 0.1) is 18.8 Å². The number of nitrogens with one attached hydrogen (secondary N) is 4. The summed E-state index contributed by atoms with van der Waals surface area (Å²) in [4.78, 5) is 79.4. The van der Waals surface area contributed by atoms with Crippen LogP contribution in [-0.4, -0.2) is 85.0 Å². The Balaban J connectivity index is 2.23. The molecule has 0 aliphatic heterocycles. The Morgan fingerprint density at radius 2 is 1.48 bits per heavy atom. The second-order valence-corrected chi connectivity index (χ2v) is 8.88. The Bertz CT molecular complexity index is 1200. The first-order valence-corrected chi connectivity index (χ1v) is 12.0. The van der Waals surface area contributed by atoms with Crippen molar-refractivity contribution in [2.24, 2.45) is 11.5 Å². The molecular formula is C24H31N7O9. The third-order valence-corrected chi connectivity index (χ3v) is 5.64. The summed E-state index contributed by atoms with van der Waals surface area (Å²) in [5.74, 6) is -6.30. The van der Waals surface area contributed by atoms with Crippen LogP contribution in [0.25, 0.3) is 0 Å². The van der Waals surface area contributed by atoms with Gasteiger partial charge in [-0.15, -0.1) is 0 Å². The summed E-state index contributed by atoms with van der Waals surface area (Å²) < 4.78 is 0. The van der Waals surface area contributed by atoms with Crippen LogP contribution in [0.3, 0.4) is 0 Å². The highest BCUT2D eigenvalue weighted by Gasteiger charge is 2.31. The number of carboxylic acid groups (broad SMARTS) is 2. The van der Waals surface area contributed by atoms with Crippen molar-refractivity contribution in [3.8, 4) is 5.75 Å². The fourth-order valence-electron chi connectivity index (χ4n) is 3.56. The van der Waals surface area contributed by atoms with E-state index in [-0.39, 0.29) is 25.0 Å². The molecule has 0 aliphatic rings. The molecular weight excluding hydrogens is 530 g/mol. The summed E-state index contributed by atoms with van der Waals surface area (Å²) in [6, 6.07) is 0.0339. The zero-order chi connectivity index (χ0) is 29.8. The van der Waals surface area contributed by atoms with Gasteiger partial charge in [0, 0.05) is 31.2 Å². The fraction of sp³-hybridized carbons (Fsp3) is 0.375. The quantitative estimate of drug-likeness (QED) is 0.103. The fourth-order valence-corrected chi connectivity index (χ4v) is 3.56. The molecule has 4 atom stereocenters. The molecule has 16 nitrogen and oxygen atoms in total. The van der Waals surface area contributed by atoms with E-state index in [0.717, 1.165) is 0 Å². The normalized spacial score (nSPS) is 13.7. The van der Waals surface area contributed by atoms with Crippen LogP contribution in [0.1, 0.15) is 30.5 Å². The number of phenolic OH excluding ortho intramolecular Hbond substituents is 1. The molecule has 11 N–H and O–H groups in total. The van der Waals surface area contributed by atoms with Crippen molar-refractivity contribution >= 4 is 35.6 Å². The van der Waals surface area contributed by atoms with E-state index in [1.165, 1.54) is 36.8 Å². The number of aromatic hydroxyl groups is 1. The van der Waals surface area contributed by atoms with Crippen molar-refractivity contribution in [3.63, 3.8) is 0 Å². The number of carbonyl (C=O) groups excluding carboxylic acids is 4. The molecule has 0 radical (unpaired) electrons. The lowest BCUT2D eigenvalue weighted by molar-refractivity contribution is -0.142. The van der Waals surface area contributed by atoms with Gasteiger partial charge in [0.2, 0.25) is 23.6 Å². The second-order valence-electron chi connectivity index (χ2n) is 8.88. The van der Waals surface area contributed by atoms with Crippen LogP contribution < -0.4 is 27.4 Å².